The predicted octanol–water partition coefficient (Wildman–Crippen LogP) is 3.08. The SMILES string of the molecule is Cc1cc(C)cc(N2C(=O)[C@@H]3N=NN(c4ccc(F)cc4F)[C@H]3C2=O)c1. The number of halogens is 2. The first-order chi connectivity index (χ1) is 12.4. The van der Waals surface area contributed by atoms with Gasteiger partial charge in [0.15, 0.2) is 17.9 Å². The van der Waals surface area contributed by atoms with Crippen LogP contribution in [0.1, 0.15) is 11.1 Å². The largest absolute Gasteiger partial charge is 0.271 e. The lowest BCUT2D eigenvalue weighted by Crippen LogP contribution is -2.40. The molecule has 1 fully saturated rings. The van der Waals surface area contributed by atoms with Gasteiger partial charge in [0.05, 0.1) is 11.4 Å². The smallest absolute Gasteiger partial charge is 0.263 e. The van der Waals surface area contributed by atoms with Crippen LogP contribution < -0.4 is 9.91 Å². The highest BCUT2D eigenvalue weighted by Crippen LogP contribution is 2.36. The molecule has 132 valence electrons. The Morgan fingerprint density at radius 1 is 0.962 bits per heavy atom. The minimum Gasteiger partial charge on any atom is -0.271 e. The molecule has 2 aromatic rings. The van der Waals surface area contributed by atoms with Gasteiger partial charge < -0.3 is 0 Å². The maximum absolute atomic E-state index is 14.1. The third-order valence-corrected chi connectivity index (χ3v) is 4.40. The number of hydrogen-bond acceptors (Lipinski definition) is 5. The van der Waals surface area contributed by atoms with E-state index in [-0.39, 0.29) is 5.69 Å². The number of amides is 2. The fourth-order valence-electron chi connectivity index (χ4n) is 3.36. The molecule has 2 amide bonds. The van der Waals surface area contributed by atoms with Gasteiger partial charge in [0.2, 0.25) is 0 Å². The molecule has 2 atom stereocenters. The molecule has 0 aliphatic carbocycles. The predicted molar refractivity (Wildman–Crippen MR) is 89.7 cm³/mol. The van der Waals surface area contributed by atoms with Gasteiger partial charge in [-0.15, -0.1) is 0 Å². The van der Waals surface area contributed by atoms with Gasteiger partial charge in [-0.1, -0.05) is 11.3 Å². The Hall–Kier alpha value is -3.16. The van der Waals surface area contributed by atoms with Crippen molar-refractivity contribution in [2.75, 3.05) is 9.91 Å². The van der Waals surface area contributed by atoms with Gasteiger partial charge in [0.25, 0.3) is 11.8 Å². The van der Waals surface area contributed by atoms with Crippen molar-refractivity contribution < 1.29 is 18.4 Å². The molecule has 26 heavy (non-hydrogen) atoms. The zero-order valence-corrected chi connectivity index (χ0v) is 14.0. The highest BCUT2D eigenvalue weighted by Gasteiger charge is 2.55. The van der Waals surface area contributed by atoms with E-state index in [4.69, 9.17) is 0 Å². The highest BCUT2D eigenvalue weighted by atomic mass is 19.1. The van der Waals surface area contributed by atoms with Crippen molar-refractivity contribution in [2.45, 2.75) is 25.9 Å². The summed E-state index contributed by atoms with van der Waals surface area (Å²) >= 11 is 0. The Morgan fingerprint density at radius 2 is 1.65 bits per heavy atom. The topological polar surface area (TPSA) is 65.3 Å². The highest BCUT2D eigenvalue weighted by molar-refractivity contribution is 6.26. The zero-order valence-electron chi connectivity index (χ0n) is 14.0. The molecule has 6 nitrogen and oxygen atoms in total. The van der Waals surface area contributed by atoms with Gasteiger partial charge in [-0.2, -0.15) is 5.11 Å². The van der Waals surface area contributed by atoms with Crippen molar-refractivity contribution in [3.05, 3.63) is 59.2 Å². The number of hydrogen-bond donors (Lipinski definition) is 0. The first-order valence-corrected chi connectivity index (χ1v) is 7.98. The summed E-state index contributed by atoms with van der Waals surface area (Å²) in [5.74, 6) is -2.68. The summed E-state index contributed by atoms with van der Waals surface area (Å²) in [4.78, 5) is 26.7. The number of rotatable bonds is 2. The van der Waals surface area contributed by atoms with Crippen LogP contribution in [0, 0.1) is 25.5 Å². The van der Waals surface area contributed by atoms with Crippen LogP contribution in [0.3, 0.4) is 0 Å². The molecule has 0 bridgehead atoms. The molecule has 2 heterocycles. The van der Waals surface area contributed by atoms with Crippen LogP contribution in [0.15, 0.2) is 46.7 Å². The normalized spacial score (nSPS) is 21.7. The summed E-state index contributed by atoms with van der Waals surface area (Å²) in [5.41, 5.74) is 2.15. The van der Waals surface area contributed by atoms with Crippen molar-refractivity contribution in [1.29, 1.82) is 0 Å². The van der Waals surface area contributed by atoms with Crippen molar-refractivity contribution in [3.63, 3.8) is 0 Å². The van der Waals surface area contributed by atoms with Crippen molar-refractivity contribution >= 4 is 23.2 Å². The second-order valence-electron chi connectivity index (χ2n) is 6.39. The van der Waals surface area contributed by atoms with Gasteiger partial charge in [-0.25, -0.2) is 18.7 Å². The van der Waals surface area contributed by atoms with Crippen LogP contribution in [0.25, 0.3) is 0 Å². The van der Waals surface area contributed by atoms with Crippen molar-refractivity contribution in [1.82, 2.24) is 0 Å². The second kappa shape index (κ2) is 5.69. The average Bonchev–Trinajstić information content (AvgIpc) is 3.07. The molecule has 0 unspecified atom stereocenters. The standard InChI is InChI=1S/C18H14F2N4O2/c1-9-5-10(2)7-12(6-9)23-17(25)15-16(18(23)26)24(22-21-15)14-4-3-11(19)8-13(14)20/h3-8,15-16H,1-2H3/t15-,16-/m1/s1. The monoisotopic (exact) mass is 356 g/mol. The lowest BCUT2D eigenvalue weighted by molar-refractivity contribution is -0.121. The first kappa shape index (κ1) is 16.3. The molecular weight excluding hydrogens is 342 g/mol. The molecule has 0 N–H and O–H groups in total. The fourth-order valence-corrected chi connectivity index (χ4v) is 3.36. The number of aryl methyl sites for hydroxylation is 2. The third kappa shape index (κ3) is 2.37. The van der Waals surface area contributed by atoms with Crippen LogP contribution in [-0.4, -0.2) is 23.9 Å². The minimum absolute atomic E-state index is 0.105. The number of carbonyl (C=O) groups excluding carboxylic acids is 2. The third-order valence-electron chi connectivity index (χ3n) is 4.40. The molecule has 8 heteroatoms. The van der Waals surface area contributed by atoms with Crippen LogP contribution in [0.4, 0.5) is 20.2 Å². The zero-order chi connectivity index (χ0) is 18.6. The summed E-state index contributed by atoms with van der Waals surface area (Å²) in [7, 11) is 0. The van der Waals surface area contributed by atoms with Gasteiger partial charge >= 0.3 is 0 Å². The van der Waals surface area contributed by atoms with Crippen LogP contribution >= 0.6 is 0 Å². The molecule has 0 spiro atoms. The lowest BCUT2D eigenvalue weighted by atomic mass is 10.1. The Balaban J connectivity index is 1.74. The van der Waals surface area contributed by atoms with E-state index in [1.54, 1.807) is 12.1 Å². The molecule has 2 aliphatic heterocycles. The molecule has 0 aromatic heterocycles. The summed E-state index contributed by atoms with van der Waals surface area (Å²) in [6, 6.07) is 6.17. The molecule has 0 radical (unpaired) electrons. The quantitative estimate of drug-likeness (QED) is 0.777. The maximum Gasteiger partial charge on any atom is 0.263 e. The Labute approximate surface area is 147 Å². The molecule has 4 rings (SSSR count). The fraction of sp³-hybridized carbons (Fsp3) is 0.222. The van der Waals surface area contributed by atoms with E-state index in [1.165, 1.54) is 6.07 Å². The Morgan fingerprint density at radius 3 is 2.31 bits per heavy atom. The van der Waals surface area contributed by atoms with Crippen LogP contribution in [-0.2, 0) is 9.59 Å². The van der Waals surface area contributed by atoms with E-state index >= 15 is 0 Å². The van der Waals surface area contributed by atoms with Gasteiger partial charge in [-0.05, 0) is 49.2 Å². The van der Waals surface area contributed by atoms with Crippen molar-refractivity contribution in [3.8, 4) is 0 Å². The second-order valence-corrected chi connectivity index (χ2v) is 6.39. The van der Waals surface area contributed by atoms with Crippen LogP contribution in [0.2, 0.25) is 0 Å². The van der Waals surface area contributed by atoms with E-state index < -0.39 is 35.5 Å². The van der Waals surface area contributed by atoms with Crippen LogP contribution in [0.5, 0.6) is 0 Å². The summed E-state index contributed by atoms with van der Waals surface area (Å²) in [6.45, 7) is 3.73. The van der Waals surface area contributed by atoms with E-state index in [1.807, 2.05) is 19.9 Å². The van der Waals surface area contributed by atoms with Gasteiger partial charge in [-0.3, -0.25) is 9.59 Å². The molecule has 2 aliphatic rings. The number of imide groups is 1. The number of carbonyl (C=O) groups is 2. The maximum atomic E-state index is 14.1. The number of fused-ring (bicyclic) bond motifs is 1. The van der Waals surface area contributed by atoms with E-state index in [0.717, 1.165) is 27.1 Å². The first-order valence-electron chi connectivity index (χ1n) is 7.98. The van der Waals surface area contributed by atoms with E-state index in [9.17, 15) is 18.4 Å². The van der Waals surface area contributed by atoms with E-state index in [0.29, 0.717) is 11.8 Å². The van der Waals surface area contributed by atoms with Gasteiger partial charge in [0, 0.05) is 6.07 Å². The summed E-state index contributed by atoms with van der Waals surface area (Å²) in [6.07, 6.45) is 0. The Bertz CT molecular complexity index is 955. The van der Waals surface area contributed by atoms with E-state index in [2.05, 4.69) is 10.3 Å². The average molecular weight is 356 g/mol. The number of nitrogens with zero attached hydrogens (tertiary/aromatic N) is 4. The number of benzene rings is 2. The molecule has 1 saturated heterocycles. The summed E-state index contributed by atoms with van der Waals surface area (Å²) < 4.78 is 27.3. The van der Waals surface area contributed by atoms with Crippen molar-refractivity contribution in [2.24, 2.45) is 10.3 Å². The van der Waals surface area contributed by atoms with Gasteiger partial charge in [0.1, 0.15) is 5.82 Å². The lowest BCUT2D eigenvalue weighted by Gasteiger charge is -2.21. The Kier molecular flexibility index (Phi) is 3.57. The number of anilines is 2. The molecular formula is C18H14F2N4O2. The minimum atomic E-state index is -1.08. The summed E-state index contributed by atoms with van der Waals surface area (Å²) in [5, 5.41) is 8.67. The molecule has 2 aromatic carbocycles. The molecule has 0 saturated carbocycles.